The van der Waals surface area contributed by atoms with Crippen molar-refractivity contribution < 1.29 is 4.74 Å². The summed E-state index contributed by atoms with van der Waals surface area (Å²) in [4.78, 5) is 0. The summed E-state index contributed by atoms with van der Waals surface area (Å²) in [5.74, 6) is 1.35. The van der Waals surface area contributed by atoms with Gasteiger partial charge in [-0.15, -0.1) is 0 Å². The zero-order chi connectivity index (χ0) is 14.7. The SMILES string of the molecule is CC(C)c1ccc(OC(c2cnn(C)c2)C(C)N)cc1. The molecule has 0 spiro atoms. The average Bonchev–Trinajstić information content (AvgIpc) is 2.82. The van der Waals surface area contributed by atoms with Gasteiger partial charge in [0, 0.05) is 24.8 Å². The molecule has 0 aliphatic carbocycles. The summed E-state index contributed by atoms with van der Waals surface area (Å²) < 4.78 is 7.79. The standard InChI is InChI=1S/C16H23N3O/c1-11(2)13-5-7-15(8-6-13)20-16(12(3)17)14-9-18-19(4)10-14/h5-12,16H,17H2,1-4H3. The monoisotopic (exact) mass is 273 g/mol. The molecule has 0 fully saturated rings. The maximum Gasteiger partial charge on any atom is 0.141 e. The van der Waals surface area contributed by atoms with Gasteiger partial charge >= 0.3 is 0 Å². The molecule has 1 aromatic carbocycles. The molecular weight excluding hydrogens is 250 g/mol. The lowest BCUT2D eigenvalue weighted by molar-refractivity contribution is 0.180. The molecule has 0 aliphatic heterocycles. The van der Waals surface area contributed by atoms with Crippen molar-refractivity contribution >= 4 is 0 Å². The van der Waals surface area contributed by atoms with Crippen LogP contribution >= 0.6 is 0 Å². The van der Waals surface area contributed by atoms with Crippen molar-refractivity contribution in [1.82, 2.24) is 9.78 Å². The van der Waals surface area contributed by atoms with Crippen LogP contribution in [0.5, 0.6) is 5.75 Å². The van der Waals surface area contributed by atoms with Crippen molar-refractivity contribution in [3.63, 3.8) is 0 Å². The highest BCUT2D eigenvalue weighted by atomic mass is 16.5. The van der Waals surface area contributed by atoms with E-state index in [0.29, 0.717) is 5.92 Å². The highest BCUT2D eigenvalue weighted by Gasteiger charge is 2.19. The van der Waals surface area contributed by atoms with Crippen molar-refractivity contribution in [3.8, 4) is 5.75 Å². The Morgan fingerprint density at radius 2 is 1.75 bits per heavy atom. The first-order valence-electron chi connectivity index (χ1n) is 6.98. The van der Waals surface area contributed by atoms with E-state index in [0.717, 1.165) is 11.3 Å². The topological polar surface area (TPSA) is 53.1 Å². The molecule has 20 heavy (non-hydrogen) atoms. The third-order valence-electron chi connectivity index (χ3n) is 3.34. The molecule has 0 saturated carbocycles. The predicted molar refractivity (Wildman–Crippen MR) is 80.8 cm³/mol. The van der Waals surface area contributed by atoms with Crippen LogP contribution in [-0.4, -0.2) is 15.8 Å². The van der Waals surface area contributed by atoms with Crippen LogP contribution in [-0.2, 0) is 7.05 Å². The fourth-order valence-corrected chi connectivity index (χ4v) is 2.14. The smallest absolute Gasteiger partial charge is 0.141 e. The molecule has 2 rings (SSSR count). The number of nitrogens with two attached hydrogens (primary N) is 1. The minimum atomic E-state index is -0.186. The third-order valence-corrected chi connectivity index (χ3v) is 3.34. The average molecular weight is 273 g/mol. The molecule has 4 heteroatoms. The van der Waals surface area contributed by atoms with Crippen LogP contribution in [0.2, 0.25) is 0 Å². The van der Waals surface area contributed by atoms with Gasteiger partial charge in [0.2, 0.25) is 0 Å². The van der Waals surface area contributed by atoms with Crippen LogP contribution in [0, 0.1) is 0 Å². The van der Waals surface area contributed by atoms with Crippen molar-refractivity contribution in [1.29, 1.82) is 0 Å². The Bertz CT molecular complexity index is 543. The second-order valence-corrected chi connectivity index (χ2v) is 5.57. The van der Waals surface area contributed by atoms with E-state index >= 15 is 0 Å². The van der Waals surface area contributed by atoms with Gasteiger partial charge in [-0.2, -0.15) is 5.10 Å². The molecule has 4 nitrogen and oxygen atoms in total. The molecule has 1 heterocycles. The van der Waals surface area contributed by atoms with Crippen LogP contribution in [0.1, 0.15) is 43.9 Å². The maximum atomic E-state index is 6.04. The van der Waals surface area contributed by atoms with Crippen molar-refractivity contribution in [2.45, 2.75) is 38.8 Å². The summed E-state index contributed by atoms with van der Waals surface area (Å²) in [6.07, 6.45) is 3.56. The van der Waals surface area contributed by atoms with E-state index < -0.39 is 0 Å². The first-order valence-corrected chi connectivity index (χ1v) is 6.98. The quantitative estimate of drug-likeness (QED) is 0.911. The van der Waals surface area contributed by atoms with Gasteiger partial charge in [0.25, 0.3) is 0 Å². The summed E-state index contributed by atoms with van der Waals surface area (Å²) in [5, 5.41) is 4.18. The van der Waals surface area contributed by atoms with E-state index in [-0.39, 0.29) is 12.1 Å². The number of ether oxygens (including phenoxy) is 1. The normalized spacial score (nSPS) is 14.3. The van der Waals surface area contributed by atoms with Gasteiger partial charge in [-0.05, 0) is 30.5 Å². The lowest BCUT2D eigenvalue weighted by atomic mass is 10.0. The second kappa shape index (κ2) is 6.09. The molecule has 2 N–H and O–H groups in total. The Kier molecular flexibility index (Phi) is 4.45. The molecule has 2 atom stereocenters. The summed E-state index contributed by atoms with van der Waals surface area (Å²) in [6.45, 7) is 6.30. The van der Waals surface area contributed by atoms with Crippen LogP contribution in [0.3, 0.4) is 0 Å². The van der Waals surface area contributed by atoms with E-state index in [1.54, 1.807) is 10.9 Å². The summed E-state index contributed by atoms with van der Waals surface area (Å²) in [7, 11) is 1.89. The highest BCUT2D eigenvalue weighted by Crippen LogP contribution is 2.25. The molecule has 0 bridgehead atoms. The molecule has 0 saturated heterocycles. The van der Waals surface area contributed by atoms with E-state index in [1.165, 1.54) is 5.56 Å². The number of benzene rings is 1. The van der Waals surface area contributed by atoms with E-state index in [9.17, 15) is 0 Å². The molecular formula is C16H23N3O. The summed E-state index contributed by atoms with van der Waals surface area (Å²) in [5.41, 5.74) is 8.34. The fourth-order valence-electron chi connectivity index (χ4n) is 2.14. The third kappa shape index (κ3) is 3.39. The zero-order valence-electron chi connectivity index (χ0n) is 12.6. The van der Waals surface area contributed by atoms with Crippen molar-refractivity contribution in [3.05, 3.63) is 47.8 Å². The minimum Gasteiger partial charge on any atom is -0.484 e. The molecule has 2 unspecified atom stereocenters. The van der Waals surface area contributed by atoms with E-state index in [1.807, 2.05) is 32.3 Å². The van der Waals surface area contributed by atoms with E-state index in [4.69, 9.17) is 10.5 Å². The first kappa shape index (κ1) is 14.6. The number of aryl methyl sites for hydroxylation is 1. The van der Waals surface area contributed by atoms with E-state index in [2.05, 4.69) is 31.1 Å². The minimum absolute atomic E-state index is 0.107. The van der Waals surface area contributed by atoms with Crippen LogP contribution in [0.4, 0.5) is 0 Å². The van der Waals surface area contributed by atoms with Gasteiger partial charge in [0.1, 0.15) is 11.9 Å². The van der Waals surface area contributed by atoms with Crippen LogP contribution in [0.15, 0.2) is 36.7 Å². The Hall–Kier alpha value is -1.81. The molecule has 0 radical (unpaired) electrons. The Balaban J connectivity index is 2.16. The van der Waals surface area contributed by atoms with Gasteiger partial charge in [-0.1, -0.05) is 26.0 Å². The lowest BCUT2D eigenvalue weighted by Crippen LogP contribution is -2.28. The number of aromatic nitrogens is 2. The number of hydrogen-bond acceptors (Lipinski definition) is 3. The second-order valence-electron chi connectivity index (χ2n) is 5.57. The first-order chi connectivity index (χ1) is 9.47. The Morgan fingerprint density at radius 1 is 1.10 bits per heavy atom. The van der Waals surface area contributed by atoms with Crippen molar-refractivity contribution in [2.24, 2.45) is 12.8 Å². The lowest BCUT2D eigenvalue weighted by Gasteiger charge is -2.21. The molecule has 2 aromatic rings. The zero-order valence-corrected chi connectivity index (χ0v) is 12.6. The number of hydrogen-bond donors (Lipinski definition) is 1. The number of rotatable bonds is 5. The number of nitrogens with zero attached hydrogens (tertiary/aromatic N) is 2. The van der Waals surface area contributed by atoms with Crippen LogP contribution < -0.4 is 10.5 Å². The van der Waals surface area contributed by atoms with Crippen molar-refractivity contribution in [2.75, 3.05) is 0 Å². The molecule has 0 amide bonds. The van der Waals surface area contributed by atoms with Gasteiger partial charge in [-0.25, -0.2) is 0 Å². The Morgan fingerprint density at radius 3 is 2.20 bits per heavy atom. The van der Waals surface area contributed by atoms with Gasteiger partial charge in [0.05, 0.1) is 6.20 Å². The van der Waals surface area contributed by atoms with Gasteiger partial charge in [0.15, 0.2) is 0 Å². The highest BCUT2D eigenvalue weighted by molar-refractivity contribution is 5.30. The van der Waals surface area contributed by atoms with Gasteiger partial charge in [-0.3, -0.25) is 4.68 Å². The summed E-state index contributed by atoms with van der Waals surface area (Å²) in [6, 6.07) is 8.09. The summed E-state index contributed by atoms with van der Waals surface area (Å²) >= 11 is 0. The maximum absolute atomic E-state index is 6.04. The molecule has 1 aromatic heterocycles. The largest absolute Gasteiger partial charge is 0.484 e. The Labute approximate surface area is 120 Å². The van der Waals surface area contributed by atoms with Crippen LogP contribution in [0.25, 0.3) is 0 Å². The predicted octanol–water partition coefficient (Wildman–Crippen LogP) is 3.01. The van der Waals surface area contributed by atoms with Gasteiger partial charge < -0.3 is 10.5 Å². The molecule has 108 valence electrons. The molecule has 0 aliphatic rings. The fraction of sp³-hybridized carbons (Fsp3) is 0.438.